The van der Waals surface area contributed by atoms with Gasteiger partial charge in [-0.25, -0.2) is 0 Å². The van der Waals surface area contributed by atoms with Gasteiger partial charge in [0.05, 0.1) is 23.3 Å². The fourth-order valence-corrected chi connectivity index (χ4v) is 3.46. The molecule has 1 amide bonds. The first-order valence-corrected chi connectivity index (χ1v) is 10.4. The third-order valence-corrected chi connectivity index (χ3v) is 5.24. The number of aryl methyl sites for hydroxylation is 2. The lowest BCUT2D eigenvalue weighted by Gasteiger charge is -2.16. The summed E-state index contributed by atoms with van der Waals surface area (Å²) >= 11 is 0. The number of nitrogens with zero attached hydrogens (tertiary/aromatic N) is 2. The Hall–Kier alpha value is -4.33. The predicted octanol–water partition coefficient (Wildman–Crippen LogP) is 3.68. The Morgan fingerprint density at radius 3 is 2.03 bits per heavy atom. The summed E-state index contributed by atoms with van der Waals surface area (Å²) < 4.78 is 14.1. The summed E-state index contributed by atoms with van der Waals surface area (Å²) in [7, 11) is 3.04. The molecule has 8 heteroatoms. The van der Waals surface area contributed by atoms with Crippen molar-refractivity contribution in [1.29, 1.82) is 0 Å². The van der Waals surface area contributed by atoms with E-state index in [-0.39, 0.29) is 5.91 Å². The fourth-order valence-electron chi connectivity index (χ4n) is 3.46. The Morgan fingerprint density at radius 1 is 0.848 bits per heavy atom. The number of aromatic nitrogens is 2. The first-order valence-electron chi connectivity index (χ1n) is 10.4. The molecule has 1 heterocycles. The van der Waals surface area contributed by atoms with Gasteiger partial charge in [-0.3, -0.25) is 14.4 Å². The smallest absolute Gasteiger partial charge is 0.316 e. The van der Waals surface area contributed by atoms with Crippen LogP contribution in [0.25, 0.3) is 11.0 Å². The molecule has 0 aliphatic heterocycles. The van der Waals surface area contributed by atoms with Gasteiger partial charge in [0.2, 0.25) is 0 Å². The second-order valence-corrected chi connectivity index (χ2v) is 7.39. The number of hydrogen-bond donors (Lipinski definition) is 1. The van der Waals surface area contributed by atoms with Crippen molar-refractivity contribution >= 4 is 22.6 Å². The summed E-state index contributed by atoms with van der Waals surface area (Å²) in [4.78, 5) is 37.5. The van der Waals surface area contributed by atoms with Crippen LogP contribution in [-0.4, -0.2) is 21.6 Å². The molecule has 168 valence electrons. The Morgan fingerprint density at radius 2 is 1.42 bits per heavy atom. The monoisotopic (exact) mass is 445 g/mol. The van der Waals surface area contributed by atoms with Crippen molar-refractivity contribution in [3.05, 3.63) is 93.0 Å². The number of nitrogens with one attached hydrogen (secondary N) is 1. The van der Waals surface area contributed by atoms with E-state index >= 15 is 0 Å². The van der Waals surface area contributed by atoms with E-state index in [2.05, 4.69) is 5.32 Å². The molecule has 3 aromatic carbocycles. The highest BCUT2D eigenvalue weighted by Gasteiger charge is 2.16. The van der Waals surface area contributed by atoms with E-state index in [9.17, 15) is 14.4 Å². The van der Waals surface area contributed by atoms with E-state index in [4.69, 9.17) is 9.47 Å². The maximum Gasteiger partial charge on any atom is 0.316 e. The molecular weight excluding hydrogens is 422 g/mol. The molecular formula is C25H23N3O5. The number of anilines is 1. The van der Waals surface area contributed by atoms with Gasteiger partial charge in [0.15, 0.2) is 5.75 Å². The predicted molar refractivity (Wildman–Crippen MR) is 127 cm³/mol. The van der Waals surface area contributed by atoms with E-state index in [1.54, 1.807) is 60.7 Å². The average molecular weight is 445 g/mol. The number of hydrogen-bond acceptors (Lipinski definition) is 5. The minimum atomic E-state index is -0.662. The van der Waals surface area contributed by atoms with Crippen molar-refractivity contribution < 1.29 is 14.3 Å². The summed E-state index contributed by atoms with van der Waals surface area (Å²) in [5.41, 5.74) is 0.478. The molecule has 33 heavy (non-hydrogen) atoms. The first kappa shape index (κ1) is 21.9. The molecule has 0 spiro atoms. The molecule has 0 fully saturated rings. The van der Waals surface area contributed by atoms with Gasteiger partial charge in [-0.1, -0.05) is 18.2 Å². The normalized spacial score (nSPS) is 10.8. The molecule has 0 atom stereocenters. The Bertz CT molecular complexity index is 1440. The van der Waals surface area contributed by atoms with Gasteiger partial charge in [0.1, 0.15) is 11.5 Å². The number of ether oxygens (including phenoxy) is 2. The highest BCUT2D eigenvalue weighted by atomic mass is 16.5. The van der Waals surface area contributed by atoms with Crippen molar-refractivity contribution in [2.75, 3.05) is 11.9 Å². The molecule has 0 radical (unpaired) electrons. The Kier molecular flexibility index (Phi) is 5.99. The molecule has 0 aliphatic rings. The van der Waals surface area contributed by atoms with Crippen molar-refractivity contribution in [1.82, 2.24) is 9.13 Å². The fraction of sp³-hybridized carbons (Fsp3) is 0.160. The number of rotatable bonds is 6. The second-order valence-electron chi connectivity index (χ2n) is 7.39. The van der Waals surface area contributed by atoms with Crippen LogP contribution in [0.5, 0.6) is 17.2 Å². The van der Waals surface area contributed by atoms with E-state index in [0.29, 0.717) is 46.1 Å². The summed E-state index contributed by atoms with van der Waals surface area (Å²) in [6.07, 6.45) is 0. The first-order chi connectivity index (χ1) is 15.9. The molecule has 8 nitrogen and oxygen atoms in total. The van der Waals surface area contributed by atoms with Crippen LogP contribution in [0.15, 0.2) is 76.3 Å². The zero-order chi connectivity index (χ0) is 23.5. The zero-order valence-corrected chi connectivity index (χ0v) is 18.5. The maximum absolute atomic E-state index is 12.8. The standard InChI is InChI=1S/C25H23N3O5/c1-4-32-17-10-12-18(13-11-17)33-22-15-21-20(27(2)24(30)25(31)28(21)3)14-19(22)26-23(29)16-8-6-5-7-9-16/h5-15H,4H2,1-3H3,(H,26,29). The largest absolute Gasteiger partial charge is 0.494 e. The summed E-state index contributed by atoms with van der Waals surface area (Å²) in [5.74, 6) is 1.21. The van der Waals surface area contributed by atoms with Crippen molar-refractivity contribution in [3.63, 3.8) is 0 Å². The topological polar surface area (TPSA) is 91.6 Å². The molecule has 0 saturated heterocycles. The lowest BCUT2D eigenvalue weighted by Crippen LogP contribution is -2.39. The van der Waals surface area contributed by atoms with Gasteiger partial charge < -0.3 is 23.9 Å². The molecule has 1 N–H and O–H groups in total. The molecule has 0 saturated carbocycles. The van der Waals surface area contributed by atoms with Crippen LogP contribution in [-0.2, 0) is 14.1 Å². The number of fused-ring (bicyclic) bond motifs is 1. The molecule has 0 unspecified atom stereocenters. The van der Waals surface area contributed by atoms with Crippen LogP contribution >= 0.6 is 0 Å². The molecule has 4 rings (SSSR count). The number of benzene rings is 3. The molecule has 4 aromatic rings. The van der Waals surface area contributed by atoms with E-state index in [1.165, 1.54) is 23.2 Å². The number of amides is 1. The summed E-state index contributed by atoms with van der Waals surface area (Å²) in [5, 5.41) is 2.86. The van der Waals surface area contributed by atoms with Crippen LogP contribution in [0.3, 0.4) is 0 Å². The Balaban J connectivity index is 1.82. The van der Waals surface area contributed by atoms with Gasteiger partial charge in [-0.15, -0.1) is 0 Å². The van der Waals surface area contributed by atoms with Crippen molar-refractivity contribution in [2.24, 2.45) is 14.1 Å². The minimum absolute atomic E-state index is 0.324. The maximum atomic E-state index is 12.8. The molecule has 0 bridgehead atoms. The number of carbonyl (C=O) groups is 1. The van der Waals surface area contributed by atoms with E-state index in [1.807, 2.05) is 13.0 Å². The van der Waals surface area contributed by atoms with Crippen LogP contribution in [0.4, 0.5) is 5.69 Å². The van der Waals surface area contributed by atoms with Crippen molar-refractivity contribution in [2.45, 2.75) is 6.92 Å². The average Bonchev–Trinajstić information content (AvgIpc) is 2.84. The summed E-state index contributed by atoms with van der Waals surface area (Å²) in [6, 6.07) is 19.1. The Labute approximate surface area is 189 Å². The van der Waals surface area contributed by atoms with E-state index < -0.39 is 11.1 Å². The summed E-state index contributed by atoms with van der Waals surface area (Å²) in [6.45, 7) is 2.45. The van der Waals surface area contributed by atoms with Gasteiger partial charge in [0, 0.05) is 25.7 Å². The number of carbonyl (C=O) groups excluding carboxylic acids is 1. The third kappa shape index (κ3) is 4.36. The SMILES string of the molecule is CCOc1ccc(Oc2cc3c(cc2NC(=O)c2ccccc2)n(C)c(=O)c(=O)n3C)cc1. The van der Waals surface area contributed by atoms with Crippen LogP contribution in [0.1, 0.15) is 17.3 Å². The van der Waals surface area contributed by atoms with Crippen molar-refractivity contribution in [3.8, 4) is 17.2 Å². The zero-order valence-electron chi connectivity index (χ0n) is 18.5. The minimum Gasteiger partial charge on any atom is -0.494 e. The second kappa shape index (κ2) is 9.04. The molecule has 0 aliphatic carbocycles. The van der Waals surface area contributed by atoms with Gasteiger partial charge in [0.25, 0.3) is 5.91 Å². The highest BCUT2D eigenvalue weighted by Crippen LogP contribution is 2.34. The highest BCUT2D eigenvalue weighted by molar-refractivity contribution is 6.06. The van der Waals surface area contributed by atoms with Crippen LogP contribution < -0.4 is 25.9 Å². The lowest BCUT2D eigenvalue weighted by atomic mass is 10.2. The van der Waals surface area contributed by atoms with Crippen LogP contribution in [0.2, 0.25) is 0 Å². The van der Waals surface area contributed by atoms with Gasteiger partial charge in [-0.05, 0) is 49.4 Å². The molecule has 1 aromatic heterocycles. The van der Waals surface area contributed by atoms with E-state index in [0.717, 1.165) is 0 Å². The van der Waals surface area contributed by atoms with Gasteiger partial charge in [-0.2, -0.15) is 0 Å². The van der Waals surface area contributed by atoms with Gasteiger partial charge >= 0.3 is 11.1 Å². The quantitative estimate of drug-likeness (QED) is 0.457. The third-order valence-electron chi connectivity index (χ3n) is 5.24. The van der Waals surface area contributed by atoms with Crippen LogP contribution in [0, 0.1) is 0 Å². The lowest BCUT2D eigenvalue weighted by molar-refractivity contribution is 0.102.